The highest BCUT2D eigenvalue weighted by Gasteiger charge is 2.43. The third kappa shape index (κ3) is 3.81. The predicted octanol–water partition coefficient (Wildman–Crippen LogP) is 1.51. The van der Waals surface area contributed by atoms with Crippen molar-refractivity contribution in [3.8, 4) is 0 Å². The molecule has 138 valence electrons. The summed E-state index contributed by atoms with van der Waals surface area (Å²) in [6, 6.07) is 14.4. The Balaban J connectivity index is 1.35. The monoisotopic (exact) mass is 373 g/mol. The van der Waals surface area contributed by atoms with Gasteiger partial charge >= 0.3 is 0 Å². The van der Waals surface area contributed by atoms with Crippen molar-refractivity contribution in [3.63, 3.8) is 0 Å². The van der Waals surface area contributed by atoms with E-state index in [1.165, 1.54) is 0 Å². The van der Waals surface area contributed by atoms with Gasteiger partial charge in [0.25, 0.3) is 0 Å². The van der Waals surface area contributed by atoms with Gasteiger partial charge in [0.1, 0.15) is 0 Å². The molecule has 1 N–H and O–H groups in total. The molecule has 6 nitrogen and oxygen atoms in total. The van der Waals surface area contributed by atoms with Gasteiger partial charge in [-0.25, -0.2) is 13.1 Å². The summed E-state index contributed by atoms with van der Waals surface area (Å²) in [5.74, 6) is 0.560. The molecule has 0 unspecified atom stereocenters. The van der Waals surface area contributed by atoms with Crippen LogP contribution in [0.5, 0.6) is 0 Å². The number of hydrogen-bond donors (Lipinski definition) is 1. The second-order valence-corrected chi connectivity index (χ2v) is 8.74. The molecular weight excluding hydrogens is 350 g/mol. The van der Waals surface area contributed by atoms with Crippen LogP contribution >= 0.6 is 0 Å². The first-order valence-corrected chi connectivity index (χ1v) is 10.4. The second-order valence-electron chi connectivity index (χ2n) is 6.98. The molecule has 2 aliphatic rings. The molecule has 2 aromatic rings. The minimum atomic E-state index is -3.47. The van der Waals surface area contributed by atoms with Crippen LogP contribution in [0.25, 0.3) is 0 Å². The molecule has 0 amide bonds. The van der Waals surface area contributed by atoms with E-state index >= 15 is 0 Å². The molecule has 4 rings (SSSR count). The van der Waals surface area contributed by atoms with E-state index < -0.39 is 10.0 Å². The summed E-state index contributed by atoms with van der Waals surface area (Å²) in [4.78, 5) is 7.03. The normalized spacial score (nSPS) is 26.1. The van der Waals surface area contributed by atoms with E-state index in [4.69, 9.17) is 4.74 Å². The van der Waals surface area contributed by atoms with Crippen molar-refractivity contribution in [1.29, 1.82) is 0 Å². The van der Waals surface area contributed by atoms with Crippen LogP contribution in [0.3, 0.4) is 0 Å². The van der Waals surface area contributed by atoms with Gasteiger partial charge in [-0.1, -0.05) is 24.3 Å². The molecule has 2 fully saturated rings. The number of likely N-dealkylation sites (tertiary alicyclic amines) is 1. The van der Waals surface area contributed by atoms with Crippen LogP contribution in [-0.4, -0.2) is 50.6 Å². The molecule has 7 heteroatoms. The molecular formula is C19H23N3O3S. The highest BCUT2D eigenvalue weighted by Crippen LogP contribution is 2.34. The number of sulfonamides is 1. The molecule has 1 aromatic heterocycles. The minimum absolute atomic E-state index is 0.185. The van der Waals surface area contributed by atoms with Crippen molar-refractivity contribution in [2.75, 3.05) is 26.2 Å². The fourth-order valence-electron chi connectivity index (χ4n) is 3.84. The third-order valence-corrected chi connectivity index (χ3v) is 6.65. The number of aromatic nitrogens is 1. The number of ether oxygens (including phenoxy) is 1. The number of nitrogens with zero attached hydrogens (tertiary/aromatic N) is 2. The number of rotatable bonds is 6. The fourth-order valence-corrected chi connectivity index (χ4v) is 4.96. The summed E-state index contributed by atoms with van der Waals surface area (Å²) >= 11 is 0. The molecule has 26 heavy (non-hydrogen) atoms. The van der Waals surface area contributed by atoms with Crippen LogP contribution in [0.4, 0.5) is 0 Å². The zero-order valence-electron chi connectivity index (χ0n) is 14.5. The van der Waals surface area contributed by atoms with Gasteiger partial charge in [-0.2, -0.15) is 0 Å². The lowest BCUT2D eigenvalue weighted by Crippen LogP contribution is -2.34. The molecule has 3 atom stereocenters. The lowest BCUT2D eigenvalue weighted by atomic mass is 9.93. The van der Waals surface area contributed by atoms with Crippen molar-refractivity contribution in [2.24, 2.45) is 11.8 Å². The Morgan fingerprint density at radius 2 is 1.92 bits per heavy atom. The van der Waals surface area contributed by atoms with Gasteiger partial charge in [0.15, 0.2) is 0 Å². The highest BCUT2D eigenvalue weighted by atomic mass is 32.2. The van der Waals surface area contributed by atoms with Gasteiger partial charge in [0.2, 0.25) is 10.0 Å². The summed E-state index contributed by atoms with van der Waals surface area (Å²) in [5, 5.41) is 0. The Morgan fingerprint density at radius 1 is 1.12 bits per heavy atom. The molecule has 0 radical (unpaired) electrons. The van der Waals surface area contributed by atoms with Crippen LogP contribution in [-0.2, 0) is 21.3 Å². The molecule has 0 aliphatic carbocycles. The predicted molar refractivity (Wildman–Crippen MR) is 97.9 cm³/mol. The zero-order valence-corrected chi connectivity index (χ0v) is 15.3. The van der Waals surface area contributed by atoms with Gasteiger partial charge in [0, 0.05) is 44.2 Å². The number of fused-ring (bicyclic) bond motifs is 1. The second kappa shape index (κ2) is 7.44. The van der Waals surface area contributed by atoms with E-state index in [2.05, 4.69) is 14.6 Å². The number of nitrogens with one attached hydrogen (secondary N) is 1. The average Bonchev–Trinajstić information content (AvgIpc) is 3.22. The average molecular weight is 373 g/mol. The van der Waals surface area contributed by atoms with Crippen molar-refractivity contribution in [1.82, 2.24) is 14.6 Å². The van der Waals surface area contributed by atoms with E-state index in [0.717, 1.165) is 25.3 Å². The van der Waals surface area contributed by atoms with Gasteiger partial charge in [-0.05, 0) is 24.3 Å². The number of benzene rings is 1. The zero-order chi connectivity index (χ0) is 18.0. The maximum atomic E-state index is 12.4. The SMILES string of the molecule is O=S(=O)(NC[C@@H]1CO[C@@H]2CN(Cc3ccccn3)C[C@H]12)c1ccccc1. The van der Waals surface area contributed by atoms with Gasteiger partial charge in [0.05, 0.1) is 23.3 Å². The molecule has 2 aliphatic heterocycles. The first-order valence-electron chi connectivity index (χ1n) is 8.90. The first kappa shape index (κ1) is 17.6. The maximum absolute atomic E-state index is 12.4. The highest BCUT2D eigenvalue weighted by molar-refractivity contribution is 7.89. The molecule has 3 heterocycles. The van der Waals surface area contributed by atoms with E-state index in [1.807, 2.05) is 30.5 Å². The Morgan fingerprint density at radius 3 is 2.69 bits per heavy atom. The van der Waals surface area contributed by atoms with Gasteiger partial charge < -0.3 is 4.74 Å². The Kier molecular flexibility index (Phi) is 5.04. The van der Waals surface area contributed by atoms with Crippen LogP contribution in [0.15, 0.2) is 59.6 Å². The summed E-state index contributed by atoms with van der Waals surface area (Å²) in [6.45, 7) is 3.63. The minimum Gasteiger partial charge on any atom is -0.376 e. The summed E-state index contributed by atoms with van der Waals surface area (Å²) in [5.41, 5.74) is 1.05. The van der Waals surface area contributed by atoms with Gasteiger partial charge in [-0.15, -0.1) is 0 Å². The third-order valence-electron chi connectivity index (χ3n) is 5.22. The lowest BCUT2D eigenvalue weighted by Gasteiger charge is -2.19. The smallest absolute Gasteiger partial charge is 0.240 e. The quantitative estimate of drug-likeness (QED) is 0.831. The fraction of sp³-hybridized carbons (Fsp3) is 0.421. The maximum Gasteiger partial charge on any atom is 0.240 e. The standard InChI is InChI=1S/C19H23N3O3S/c23-26(24,17-7-2-1-3-8-17)21-10-15-14-25-19-13-22(12-18(15)19)11-16-6-4-5-9-20-16/h1-9,15,18-19,21H,10-14H2/t15-,18-,19-/m1/s1. The molecule has 0 spiro atoms. The van der Waals surface area contributed by atoms with Crippen molar-refractivity contribution in [2.45, 2.75) is 17.5 Å². The molecule has 2 saturated heterocycles. The van der Waals surface area contributed by atoms with Gasteiger partial charge in [-0.3, -0.25) is 9.88 Å². The van der Waals surface area contributed by atoms with Crippen molar-refractivity contribution in [3.05, 3.63) is 60.4 Å². The van der Waals surface area contributed by atoms with Crippen LogP contribution in [0.2, 0.25) is 0 Å². The van der Waals surface area contributed by atoms with Crippen LogP contribution in [0.1, 0.15) is 5.69 Å². The topological polar surface area (TPSA) is 71.5 Å². The molecule has 1 aromatic carbocycles. The van der Waals surface area contributed by atoms with E-state index in [1.54, 1.807) is 24.3 Å². The summed E-state index contributed by atoms with van der Waals surface area (Å²) in [6.07, 6.45) is 1.99. The van der Waals surface area contributed by atoms with E-state index in [0.29, 0.717) is 24.0 Å². The first-order chi connectivity index (χ1) is 12.6. The Labute approximate surface area is 154 Å². The Hall–Kier alpha value is -1.80. The Bertz CT molecular complexity index is 830. The summed E-state index contributed by atoms with van der Waals surface area (Å²) < 4.78 is 33.5. The largest absolute Gasteiger partial charge is 0.376 e. The number of pyridine rings is 1. The molecule has 0 bridgehead atoms. The molecule has 0 saturated carbocycles. The van der Waals surface area contributed by atoms with E-state index in [-0.39, 0.29) is 12.0 Å². The van der Waals surface area contributed by atoms with E-state index in [9.17, 15) is 8.42 Å². The lowest BCUT2D eigenvalue weighted by molar-refractivity contribution is 0.0940. The number of hydrogen-bond acceptors (Lipinski definition) is 5. The van der Waals surface area contributed by atoms with Crippen molar-refractivity contribution >= 4 is 10.0 Å². The summed E-state index contributed by atoms with van der Waals surface area (Å²) in [7, 11) is -3.47. The van der Waals surface area contributed by atoms with Crippen LogP contribution < -0.4 is 4.72 Å². The van der Waals surface area contributed by atoms with Crippen molar-refractivity contribution < 1.29 is 13.2 Å². The van der Waals surface area contributed by atoms with Crippen LogP contribution in [0, 0.1) is 11.8 Å².